The van der Waals surface area contributed by atoms with Gasteiger partial charge in [0.1, 0.15) is 5.75 Å². The second kappa shape index (κ2) is 6.04. The molecular formula is C18H12Br2O. The fraction of sp³-hybridized carbons (Fsp3) is 0. The standard InChI is InChI=1S/C18H12Br2O/c19-14-8-4-12(5-9-14)16-2-1-3-17(18(16)21)13-6-10-15(20)11-7-13/h1-11,21H. The van der Waals surface area contributed by atoms with Crippen LogP contribution in [-0.4, -0.2) is 5.11 Å². The van der Waals surface area contributed by atoms with Gasteiger partial charge in [-0.1, -0.05) is 74.3 Å². The van der Waals surface area contributed by atoms with Crippen molar-refractivity contribution >= 4 is 31.9 Å². The molecule has 0 fully saturated rings. The zero-order valence-electron chi connectivity index (χ0n) is 11.1. The van der Waals surface area contributed by atoms with Crippen molar-refractivity contribution in [2.24, 2.45) is 0 Å². The Morgan fingerprint density at radius 3 is 1.33 bits per heavy atom. The minimum atomic E-state index is 0.308. The van der Waals surface area contributed by atoms with E-state index in [2.05, 4.69) is 31.9 Å². The van der Waals surface area contributed by atoms with E-state index in [4.69, 9.17) is 0 Å². The fourth-order valence-corrected chi connectivity index (χ4v) is 2.80. The molecule has 0 aliphatic carbocycles. The molecule has 0 radical (unpaired) electrons. The monoisotopic (exact) mass is 402 g/mol. The van der Waals surface area contributed by atoms with E-state index in [1.54, 1.807) is 0 Å². The highest BCUT2D eigenvalue weighted by molar-refractivity contribution is 9.10. The summed E-state index contributed by atoms with van der Waals surface area (Å²) in [6.07, 6.45) is 0. The summed E-state index contributed by atoms with van der Waals surface area (Å²) in [5.74, 6) is 0.308. The quantitative estimate of drug-likeness (QED) is 0.535. The van der Waals surface area contributed by atoms with Crippen LogP contribution in [0.25, 0.3) is 22.3 Å². The first kappa shape index (κ1) is 14.4. The summed E-state index contributed by atoms with van der Waals surface area (Å²) in [5, 5.41) is 10.6. The number of rotatable bonds is 2. The molecule has 21 heavy (non-hydrogen) atoms. The third-order valence-corrected chi connectivity index (χ3v) is 4.40. The van der Waals surface area contributed by atoms with Crippen LogP contribution in [0.5, 0.6) is 5.75 Å². The first-order valence-electron chi connectivity index (χ1n) is 6.49. The Labute approximate surface area is 140 Å². The minimum absolute atomic E-state index is 0.308. The largest absolute Gasteiger partial charge is 0.507 e. The number of halogens is 2. The van der Waals surface area contributed by atoms with Gasteiger partial charge in [0.15, 0.2) is 0 Å². The van der Waals surface area contributed by atoms with Crippen molar-refractivity contribution in [3.05, 3.63) is 75.7 Å². The van der Waals surface area contributed by atoms with E-state index in [9.17, 15) is 5.11 Å². The maximum atomic E-state index is 10.6. The predicted molar refractivity (Wildman–Crippen MR) is 94.4 cm³/mol. The molecule has 0 amide bonds. The Morgan fingerprint density at radius 1 is 0.571 bits per heavy atom. The number of benzene rings is 3. The van der Waals surface area contributed by atoms with Crippen molar-refractivity contribution in [1.29, 1.82) is 0 Å². The molecule has 1 nitrogen and oxygen atoms in total. The summed E-state index contributed by atoms with van der Waals surface area (Å²) < 4.78 is 2.05. The first-order chi connectivity index (χ1) is 10.1. The van der Waals surface area contributed by atoms with E-state index in [-0.39, 0.29) is 0 Å². The van der Waals surface area contributed by atoms with Crippen molar-refractivity contribution in [1.82, 2.24) is 0 Å². The summed E-state index contributed by atoms with van der Waals surface area (Å²) >= 11 is 6.86. The molecule has 0 spiro atoms. The molecule has 3 aromatic rings. The number of phenolic OH excluding ortho intramolecular Hbond substituents is 1. The van der Waals surface area contributed by atoms with Crippen molar-refractivity contribution in [2.45, 2.75) is 0 Å². The summed E-state index contributed by atoms with van der Waals surface area (Å²) in [6, 6.07) is 21.7. The number of hydrogen-bond donors (Lipinski definition) is 1. The average molecular weight is 404 g/mol. The van der Waals surface area contributed by atoms with Gasteiger partial charge in [-0.05, 0) is 35.4 Å². The van der Waals surface area contributed by atoms with Crippen molar-refractivity contribution in [3.8, 4) is 28.0 Å². The Balaban J connectivity index is 2.10. The number of phenols is 1. The van der Waals surface area contributed by atoms with Crippen LogP contribution in [0.3, 0.4) is 0 Å². The van der Waals surface area contributed by atoms with Crippen molar-refractivity contribution in [2.75, 3.05) is 0 Å². The van der Waals surface area contributed by atoms with E-state index in [1.807, 2.05) is 66.7 Å². The molecule has 0 atom stereocenters. The van der Waals surface area contributed by atoms with Crippen LogP contribution < -0.4 is 0 Å². The van der Waals surface area contributed by atoms with Gasteiger partial charge in [-0.25, -0.2) is 0 Å². The van der Waals surface area contributed by atoms with Crippen LogP contribution in [-0.2, 0) is 0 Å². The smallest absolute Gasteiger partial charge is 0.131 e. The summed E-state index contributed by atoms with van der Waals surface area (Å²) in [5.41, 5.74) is 3.66. The topological polar surface area (TPSA) is 20.2 Å². The van der Waals surface area contributed by atoms with Gasteiger partial charge in [-0.3, -0.25) is 0 Å². The number of hydrogen-bond acceptors (Lipinski definition) is 1. The molecule has 3 aromatic carbocycles. The van der Waals surface area contributed by atoms with E-state index >= 15 is 0 Å². The van der Waals surface area contributed by atoms with Crippen LogP contribution in [0.4, 0.5) is 0 Å². The van der Waals surface area contributed by atoms with Gasteiger partial charge in [-0.15, -0.1) is 0 Å². The summed E-state index contributed by atoms with van der Waals surface area (Å²) in [7, 11) is 0. The van der Waals surface area contributed by atoms with Gasteiger partial charge in [0, 0.05) is 20.1 Å². The van der Waals surface area contributed by atoms with E-state index in [0.717, 1.165) is 31.2 Å². The van der Waals surface area contributed by atoms with Gasteiger partial charge >= 0.3 is 0 Å². The molecule has 0 saturated carbocycles. The molecule has 0 heterocycles. The predicted octanol–water partition coefficient (Wildman–Crippen LogP) is 6.25. The maximum Gasteiger partial charge on any atom is 0.131 e. The maximum absolute atomic E-state index is 10.6. The molecule has 0 bridgehead atoms. The Hall–Kier alpha value is -1.58. The number of aromatic hydroxyl groups is 1. The van der Waals surface area contributed by atoms with Gasteiger partial charge < -0.3 is 5.11 Å². The molecular weight excluding hydrogens is 392 g/mol. The minimum Gasteiger partial charge on any atom is -0.507 e. The van der Waals surface area contributed by atoms with E-state index in [1.165, 1.54) is 0 Å². The average Bonchev–Trinajstić information content (AvgIpc) is 2.50. The van der Waals surface area contributed by atoms with E-state index in [0.29, 0.717) is 5.75 Å². The van der Waals surface area contributed by atoms with E-state index < -0.39 is 0 Å². The lowest BCUT2D eigenvalue weighted by Crippen LogP contribution is -1.84. The van der Waals surface area contributed by atoms with Gasteiger partial charge in [-0.2, -0.15) is 0 Å². The summed E-state index contributed by atoms with van der Waals surface area (Å²) in [4.78, 5) is 0. The lowest BCUT2D eigenvalue weighted by Gasteiger charge is -2.10. The molecule has 3 rings (SSSR count). The van der Waals surface area contributed by atoms with Gasteiger partial charge in [0.05, 0.1) is 0 Å². The first-order valence-corrected chi connectivity index (χ1v) is 8.07. The second-order valence-electron chi connectivity index (χ2n) is 4.72. The van der Waals surface area contributed by atoms with Gasteiger partial charge in [0.25, 0.3) is 0 Å². The lowest BCUT2D eigenvalue weighted by molar-refractivity contribution is 0.479. The van der Waals surface area contributed by atoms with Crippen LogP contribution >= 0.6 is 31.9 Å². The molecule has 0 aliphatic heterocycles. The van der Waals surface area contributed by atoms with Crippen LogP contribution in [0.2, 0.25) is 0 Å². The fourth-order valence-electron chi connectivity index (χ4n) is 2.27. The Bertz CT molecular complexity index is 698. The van der Waals surface area contributed by atoms with Crippen LogP contribution in [0.1, 0.15) is 0 Å². The number of para-hydroxylation sites is 1. The highest BCUT2D eigenvalue weighted by Crippen LogP contribution is 2.38. The van der Waals surface area contributed by atoms with Crippen molar-refractivity contribution in [3.63, 3.8) is 0 Å². The lowest BCUT2D eigenvalue weighted by atomic mass is 9.97. The van der Waals surface area contributed by atoms with Gasteiger partial charge in [0.2, 0.25) is 0 Å². The van der Waals surface area contributed by atoms with Crippen molar-refractivity contribution < 1.29 is 5.11 Å². The highest BCUT2D eigenvalue weighted by Gasteiger charge is 2.10. The molecule has 104 valence electrons. The molecule has 0 aromatic heterocycles. The summed E-state index contributed by atoms with van der Waals surface area (Å²) in [6.45, 7) is 0. The molecule has 3 heteroatoms. The Morgan fingerprint density at radius 2 is 0.952 bits per heavy atom. The molecule has 0 saturated heterocycles. The third-order valence-electron chi connectivity index (χ3n) is 3.35. The zero-order valence-corrected chi connectivity index (χ0v) is 14.2. The third kappa shape index (κ3) is 3.04. The van der Waals surface area contributed by atoms with Crippen LogP contribution in [0.15, 0.2) is 75.7 Å². The highest BCUT2D eigenvalue weighted by atomic mass is 79.9. The Kier molecular flexibility index (Phi) is 4.13. The SMILES string of the molecule is Oc1c(-c2ccc(Br)cc2)cccc1-c1ccc(Br)cc1. The normalized spacial score (nSPS) is 10.6. The molecule has 1 N–H and O–H groups in total. The van der Waals surface area contributed by atoms with Crippen LogP contribution in [0, 0.1) is 0 Å². The second-order valence-corrected chi connectivity index (χ2v) is 6.55. The molecule has 0 unspecified atom stereocenters. The zero-order chi connectivity index (χ0) is 14.8. The molecule has 0 aliphatic rings.